The molecule has 4 aliphatic heterocycles. The number of guanidine groups is 1. The molecule has 0 aliphatic carbocycles. The van der Waals surface area contributed by atoms with E-state index in [-0.39, 0.29) is 11.4 Å². The molecule has 4 atom stereocenters. The Kier molecular flexibility index (Phi) is 9.25. The largest absolute Gasteiger partial charge is 0.350 e. The normalized spacial score (nSPS) is 27.2. The molecule has 6 heteroatoms. The van der Waals surface area contributed by atoms with Crippen molar-refractivity contribution in [3.05, 3.63) is 121 Å². The lowest BCUT2D eigenvalue weighted by atomic mass is 9.13. The first kappa shape index (κ1) is 31.7. The third-order valence-corrected chi connectivity index (χ3v) is 11.0. The van der Waals surface area contributed by atoms with E-state index in [0.29, 0.717) is 12.2 Å². The quantitative estimate of drug-likeness (QED) is 0.248. The van der Waals surface area contributed by atoms with Gasteiger partial charge in [-0.3, -0.25) is 4.58 Å². The first-order chi connectivity index (χ1) is 23.0. The summed E-state index contributed by atoms with van der Waals surface area (Å²) in [6.07, 6.45) is 8.74. The zero-order valence-corrected chi connectivity index (χ0v) is 28.1. The van der Waals surface area contributed by atoms with Crippen LogP contribution in [0.5, 0.6) is 0 Å². The number of hydrogen-bond donors (Lipinski definition) is 2. The van der Waals surface area contributed by atoms with Gasteiger partial charge in [0.15, 0.2) is 11.4 Å². The Morgan fingerprint density at radius 3 is 1.19 bits per heavy atom. The van der Waals surface area contributed by atoms with Gasteiger partial charge in [0, 0.05) is 25.7 Å². The lowest BCUT2D eigenvalue weighted by molar-refractivity contribution is -0.554. The molecule has 5 nitrogen and oxygen atoms in total. The molecule has 4 aromatic carbocycles. The van der Waals surface area contributed by atoms with E-state index < -0.39 is 6.15 Å². The first-order valence-electron chi connectivity index (χ1n) is 17.9. The highest BCUT2D eigenvalue weighted by atomic mass is 16.5. The third-order valence-electron chi connectivity index (χ3n) is 11.0. The summed E-state index contributed by atoms with van der Waals surface area (Å²) in [5, 5.41) is 7.43. The Bertz CT molecular complexity index is 1430. The van der Waals surface area contributed by atoms with Gasteiger partial charge in [0.25, 0.3) is 0 Å². The van der Waals surface area contributed by atoms with Gasteiger partial charge < -0.3 is 9.47 Å². The Labute approximate surface area is 281 Å². The minimum absolute atomic E-state index is 0.157. The summed E-state index contributed by atoms with van der Waals surface area (Å²) < 4.78 is 15.1. The molecule has 0 bridgehead atoms. The van der Waals surface area contributed by atoms with Crippen LogP contribution < -0.4 is 32.5 Å². The highest BCUT2D eigenvalue weighted by molar-refractivity contribution is 7.19. The van der Waals surface area contributed by atoms with Gasteiger partial charge in [0.2, 0.25) is 0 Å². The molecule has 2 N–H and O–H groups in total. The van der Waals surface area contributed by atoms with Crippen molar-refractivity contribution in [3.8, 4) is 0 Å². The summed E-state index contributed by atoms with van der Waals surface area (Å²) in [5.74, 6) is 1.14. The fraction of sp³-hybridized carbons (Fsp3) is 0.390. The maximum atomic E-state index is 6.32. The van der Waals surface area contributed by atoms with Crippen molar-refractivity contribution in [2.24, 2.45) is 0 Å². The number of hydrogen-bond acceptors (Lipinski definition) is 4. The maximum Gasteiger partial charge on any atom is 0.350 e. The summed E-state index contributed by atoms with van der Waals surface area (Å²) >= 11 is 0. The molecule has 244 valence electrons. The fourth-order valence-electron chi connectivity index (χ4n) is 8.74. The topological polar surface area (TPSA) is 45.5 Å². The van der Waals surface area contributed by atoms with Crippen LogP contribution >= 0.6 is 0 Å². The minimum atomic E-state index is -1.22. The Balaban J connectivity index is 0.000000151. The Morgan fingerprint density at radius 1 is 0.532 bits per heavy atom. The van der Waals surface area contributed by atoms with Gasteiger partial charge in [-0.25, -0.2) is 10.6 Å². The van der Waals surface area contributed by atoms with Gasteiger partial charge in [0.05, 0.1) is 25.3 Å². The van der Waals surface area contributed by atoms with E-state index in [2.05, 4.69) is 150 Å². The number of rotatable bonds is 4. The number of ether oxygens (including phenoxy) is 2. The molecule has 8 rings (SSSR count). The monoisotopic (exact) mass is 627 g/mol. The zero-order valence-electron chi connectivity index (χ0n) is 28.1. The van der Waals surface area contributed by atoms with Crippen LogP contribution in [-0.2, 0) is 9.47 Å². The van der Waals surface area contributed by atoms with Gasteiger partial charge in [-0.15, -0.1) is 0 Å². The van der Waals surface area contributed by atoms with Gasteiger partial charge in [-0.1, -0.05) is 121 Å². The van der Waals surface area contributed by atoms with Crippen LogP contribution in [0.4, 0.5) is 0 Å². The predicted octanol–water partition coefficient (Wildman–Crippen LogP) is 4.98. The number of nitrogens with one attached hydrogen (secondary N) is 2. The van der Waals surface area contributed by atoms with Gasteiger partial charge in [0.1, 0.15) is 6.15 Å². The fourth-order valence-corrected chi connectivity index (χ4v) is 8.74. The van der Waals surface area contributed by atoms with Crippen LogP contribution in [0.25, 0.3) is 0 Å². The van der Waals surface area contributed by atoms with Crippen molar-refractivity contribution >= 4 is 34.0 Å². The van der Waals surface area contributed by atoms with E-state index in [0.717, 1.165) is 44.7 Å². The van der Waals surface area contributed by atoms with Gasteiger partial charge in [-0.05, 0) is 39.5 Å². The zero-order chi connectivity index (χ0) is 32.2. The highest BCUT2D eigenvalue weighted by Gasteiger charge is 2.50. The van der Waals surface area contributed by atoms with Crippen molar-refractivity contribution in [1.82, 2.24) is 10.6 Å². The maximum absolute atomic E-state index is 6.32. The van der Waals surface area contributed by atoms with Crippen LogP contribution in [0.3, 0.4) is 0 Å². The molecular weight excluding hydrogens is 577 g/mol. The summed E-state index contributed by atoms with van der Waals surface area (Å²) in [6, 6.07) is 43.5. The Morgan fingerprint density at radius 2 is 0.872 bits per heavy atom. The number of nitrogens with zero attached hydrogens (tertiary/aromatic N) is 1. The van der Waals surface area contributed by atoms with Crippen LogP contribution in [0.15, 0.2) is 121 Å². The third kappa shape index (κ3) is 6.51. The molecule has 47 heavy (non-hydrogen) atoms. The minimum Gasteiger partial charge on any atom is -0.340 e. The van der Waals surface area contributed by atoms with Crippen molar-refractivity contribution in [1.29, 1.82) is 0 Å². The van der Waals surface area contributed by atoms with Crippen LogP contribution in [-0.4, -0.2) is 53.4 Å². The van der Waals surface area contributed by atoms with Crippen LogP contribution in [0, 0.1) is 0 Å². The average molecular weight is 628 g/mol. The average Bonchev–Trinajstić information content (AvgIpc) is 3.11. The highest BCUT2D eigenvalue weighted by Crippen LogP contribution is 2.35. The molecule has 2 spiro atoms. The Hall–Kier alpha value is -3.87. The summed E-state index contributed by atoms with van der Waals surface area (Å²) in [5.41, 5.74) is 5.04. The van der Waals surface area contributed by atoms with Gasteiger partial charge in [-0.2, -0.15) is 21.9 Å². The standard InChI is InChI=1S/C24H20B.C17H29N3O2/c1-5-13-21(14-6-1)25(22-15-7-2-8-16-22,23-17-9-3-10-18-23)24-19-11-4-12-20-24;1-13-5-3-7-16(21-13)9-11-20-12-10-17(19-15(20)18-16)8-4-6-14(2)22-17/h1-20H;13-14H,3-12H2,1-2H3,(H,18,19)/q-1;/p+1/t;13-,14-,16-,17-/m.1/s1. The second kappa shape index (κ2) is 13.7. The molecule has 4 aromatic rings. The molecule has 4 aliphatic rings. The molecule has 0 saturated carbocycles. The van der Waals surface area contributed by atoms with E-state index in [9.17, 15) is 0 Å². The van der Waals surface area contributed by atoms with E-state index in [1.807, 2.05) is 0 Å². The van der Waals surface area contributed by atoms with E-state index in [4.69, 9.17) is 9.47 Å². The molecule has 0 aromatic heterocycles. The predicted molar refractivity (Wildman–Crippen MR) is 195 cm³/mol. The molecule has 0 radical (unpaired) electrons. The SMILES string of the molecule is C[C@@H]1CCC[C@]2(CC[N+]3=C(N2)N[C@@]2(CCC[C@@H](C)O2)CC3)O1.c1ccc([B-](c2ccccc2)(c2ccccc2)c2ccccc2)cc1. The van der Waals surface area contributed by atoms with E-state index in [1.165, 1.54) is 47.5 Å². The molecule has 2 fully saturated rings. The van der Waals surface area contributed by atoms with Crippen molar-refractivity contribution in [3.63, 3.8) is 0 Å². The summed E-state index contributed by atoms with van der Waals surface area (Å²) in [4.78, 5) is 0. The van der Waals surface area contributed by atoms with E-state index >= 15 is 0 Å². The van der Waals surface area contributed by atoms with E-state index in [1.54, 1.807) is 0 Å². The lowest BCUT2D eigenvalue weighted by Gasteiger charge is -2.46. The van der Waals surface area contributed by atoms with Gasteiger partial charge >= 0.3 is 5.96 Å². The lowest BCUT2D eigenvalue weighted by Crippen LogP contribution is -2.74. The second-order valence-corrected chi connectivity index (χ2v) is 14.2. The van der Waals surface area contributed by atoms with Crippen molar-refractivity contribution in [2.45, 2.75) is 88.9 Å². The summed E-state index contributed by atoms with van der Waals surface area (Å²) in [7, 11) is 0. The van der Waals surface area contributed by atoms with Crippen LogP contribution in [0.2, 0.25) is 0 Å². The van der Waals surface area contributed by atoms with Crippen LogP contribution in [0.1, 0.15) is 65.2 Å². The van der Waals surface area contributed by atoms with Crippen molar-refractivity contribution in [2.75, 3.05) is 13.1 Å². The molecule has 4 heterocycles. The molecule has 0 amide bonds. The van der Waals surface area contributed by atoms with Crippen molar-refractivity contribution < 1.29 is 14.0 Å². The number of benzene rings is 4. The first-order valence-corrected chi connectivity index (χ1v) is 17.9. The molecule has 2 saturated heterocycles. The summed E-state index contributed by atoms with van der Waals surface area (Å²) in [6.45, 7) is 6.55. The molecular formula is C41H50BN3O2. The smallest absolute Gasteiger partial charge is 0.340 e. The molecule has 0 unspecified atom stereocenters. The second-order valence-electron chi connectivity index (χ2n) is 14.2.